The number of benzene rings is 2. The number of carbonyl (C=O) groups excluding carboxylic acids is 1. The minimum absolute atomic E-state index is 0.0513. The number of likely N-dealkylation sites (N-methyl/N-ethyl adjacent to an activating group) is 1. The Morgan fingerprint density at radius 2 is 1.96 bits per heavy atom. The van der Waals surface area contributed by atoms with Gasteiger partial charge in [0, 0.05) is 12.6 Å². The zero-order valence-electron chi connectivity index (χ0n) is 13.9. The van der Waals surface area contributed by atoms with E-state index in [4.69, 9.17) is 17.4 Å². The van der Waals surface area contributed by atoms with E-state index in [9.17, 15) is 17.6 Å². The van der Waals surface area contributed by atoms with Crippen molar-refractivity contribution in [2.45, 2.75) is 4.90 Å². The summed E-state index contributed by atoms with van der Waals surface area (Å²) in [6.07, 6.45) is 0. The summed E-state index contributed by atoms with van der Waals surface area (Å²) < 4.78 is 36.6. The molecule has 1 amide bonds. The lowest BCUT2D eigenvalue weighted by Gasteiger charge is -2.11. The molecule has 0 unspecified atom stereocenters. The standard InChI is InChI=1S/C16H14FN5O3S2/c1-22-12-8-9(17)6-7-10(12)14(15(22)23)20-21-16(26)19-11-4-2-3-5-13(11)27(18,24)25/h2-8H,1H3,(H2,18,24,25)(H2,19,21,26). The number of nitrogens with two attached hydrogens (primary N) is 1. The van der Waals surface area contributed by atoms with E-state index in [1.807, 2.05) is 0 Å². The predicted molar refractivity (Wildman–Crippen MR) is 104 cm³/mol. The zero-order chi connectivity index (χ0) is 19.8. The maximum absolute atomic E-state index is 13.4. The van der Waals surface area contributed by atoms with Crippen LogP contribution >= 0.6 is 12.2 Å². The number of halogens is 1. The molecule has 27 heavy (non-hydrogen) atoms. The maximum Gasteiger partial charge on any atom is 0.279 e. The quantitative estimate of drug-likeness (QED) is 0.519. The lowest BCUT2D eigenvalue weighted by Crippen LogP contribution is -2.30. The summed E-state index contributed by atoms with van der Waals surface area (Å²) in [6.45, 7) is 0. The molecule has 11 heteroatoms. The van der Waals surface area contributed by atoms with Gasteiger partial charge < -0.3 is 10.2 Å². The Bertz CT molecular complexity index is 1090. The van der Waals surface area contributed by atoms with E-state index in [-0.39, 0.29) is 21.4 Å². The Balaban J connectivity index is 1.82. The van der Waals surface area contributed by atoms with Crippen LogP contribution in [0.3, 0.4) is 0 Å². The van der Waals surface area contributed by atoms with Crippen LogP contribution in [0.4, 0.5) is 15.8 Å². The van der Waals surface area contributed by atoms with Crippen LogP contribution in [-0.2, 0) is 14.8 Å². The molecule has 0 saturated heterocycles. The normalized spacial score (nSPS) is 15.0. The number of thiocarbonyl (C=S) groups is 1. The van der Waals surface area contributed by atoms with Gasteiger partial charge in [0.25, 0.3) is 5.91 Å². The summed E-state index contributed by atoms with van der Waals surface area (Å²) >= 11 is 5.09. The highest BCUT2D eigenvalue weighted by Crippen LogP contribution is 2.28. The van der Waals surface area contributed by atoms with Gasteiger partial charge in [0.2, 0.25) is 10.0 Å². The molecule has 0 aromatic heterocycles. The van der Waals surface area contributed by atoms with Crippen LogP contribution < -0.4 is 20.8 Å². The van der Waals surface area contributed by atoms with Crippen molar-refractivity contribution in [1.82, 2.24) is 5.43 Å². The van der Waals surface area contributed by atoms with Gasteiger partial charge in [-0.05, 0) is 42.5 Å². The van der Waals surface area contributed by atoms with Gasteiger partial charge in [0.15, 0.2) is 10.8 Å². The zero-order valence-corrected chi connectivity index (χ0v) is 15.6. The second-order valence-corrected chi connectivity index (χ2v) is 7.53. The van der Waals surface area contributed by atoms with Crippen LogP contribution in [0.15, 0.2) is 52.5 Å². The molecule has 4 N–H and O–H groups in total. The van der Waals surface area contributed by atoms with E-state index in [0.717, 1.165) is 0 Å². The first-order valence-electron chi connectivity index (χ1n) is 7.53. The number of nitrogens with one attached hydrogen (secondary N) is 2. The van der Waals surface area contributed by atoms with Crippen molar-refractivity contribution in [2.24, 2.45) is 10.2 Å². The first-order valence-corrected chi connectivity index (χ1v) is 9.48. The fraction of sp³-hybridized carbons (Fsp3) is 0.0625. The number of carbonyl (C=O) groups is 1. The Labute approximate surface area is 159 Å². The van der Waals surface area contributed by atoms with E-state index in [1.165, 1.54) is 48.3 Å². The van der Waals surface area contributed by atoms with Crippen LogP contribution in [0, 0.1) is 5.82 Å². The summed E-state index contributed by atoms with van der Waals surface area (Å²) in [5.74, 6) is -0.907. The number of hydrogen-bond donors (Lipinski definition) is 3. The molecular formula is C16H14FN5O3S2. The highest BCUT2D eigenvalue weighted by molar-refractivity contribution is 7.89. The van der Waals surface area contributed by atoms with Crippen molar-refractivity contribution in [3.63, 3.8) is 0 Å². The minimum atomic E-state index is -3.95. The van der Waals surface area contributed by atoms with Gasteiger partial charge in [0.1, 0.15) is 10.7 Å². The molecule has 1 heterocycles. The minimum Gasteiger partial charge on any atom is -0.330 e. The number of primary sulfonamides is 1. The largest absolute Gasteiger partial charge is 0.330 e. The second kappa shape index (κ2) is 7.02. The number of rotatable bonds is 3. The lowest BCUT2D eigenvalue weighted by atomic mass is 10.1. The average Bonchev–Trinajstić information content (AvgIpc) is 2.83. The van der Waals surface area contributed by atoms with E-state index in [1.54, 1.807) is 6.07 Å². The molecule has 0 saturated carbocycles. The van der Waals surface area contributed by atoms with Gasteiger partial charge in [-0.25, -0.2) is 17.9 Å². The number of hydrogen-bond acceptors (Lipinski definition) is 5. The summed E-state index contributed by atoms with van der Waals surface area (Å²) in [5.41, 5.74) is 3.54. The maximum atomic E-state index is 13.4. The number of anilines is 2. The number of sulfonamides is 1. The highest BCUT2D eigenvalue weighted by Gasteiger charge is 2.32. The van der Waals surface area contributed by atoms with Gasteiger partial charge in [-0.1, -0.05) is 12.1 Å². The summed E-state index contributed by atoms with van der Waals surface area (Å²) in [5, 5.41) is 11.8. The summed E-state index contributed by atoms with van der Waals surface area (Å²) in [6, 6.07) is 9.82. The van der Waals surface area contributed by atoms with E-state index >= 15 is 0 Å². The Hall–Kier alpha value is -2.89. The third-order valence-electron chi connectivity index (χ3n) is 3.79. The SMILES string of the molecule is CN1C(=O)C(=NNC(=S)Nc2ccccc2S(N)(=O)=O)c2ccc(F)cc21. The number of fused-ring (bicyclic) bond motifs is 1. The average molecular weight is 407 g/mol. The Morgan fingerprint density at radius 1 is 1.26 bits per heavy atom. The van der Waals surface area contributed by atoms with Crippen LogP contribution in [0.5, 0.6) is 0 Å². The van der Waals surface area contributed by atoms with Crippen LogP contribution in [0.1, 0.15) is 5.56 Å². The van der Waals surface area contributed by atoms with Crippen molar-refractivity contribution in [3.8, 4) is 0 Å². The molecule has 0 aliphatic carbocycles. The van der Waals surface area contributed by atoms with E-state index in [0.29, 0.717) is 11.3 Å². The van der Waals surface area contributed by atoms with Crippen molar-refractivity contribution in [3.05, 3.63) is 53.8 Å². The van der Waals surface area contributed by atoms with Gasteiger partial charge in [-0.15, -0.1) is 0 Å². The van der Waals surface area contributed by atoms with E-state index in [2.05, 4.69) is 15.8 Å². The monoisotopic (exact) mass is 407 g/mol. The lowest BCUT2D eigenvalue weighted by molar-refractivity contribution is -0.111. The third-order valence-corrected chi connectivity index (χ3v) is 4.96. The molecule has 2 aromatic carbocycles. The Kier molecular flexibility index (Phi) is 4.91. The van der Waals surface area contributed by atoms with Gasteiger partial charge >= 0.3 is 0 Å². The molecule has 3 rings (SSSR count). The molecular weight excluding hydrogens is 393 g/mol. The molecule has 0 atom stereocenters. The van der Waals surface area contributed by atoms with Crippen molar-refractivity contribution < 1.29 is 17.6 Å². The fourth-order valence-corrected chi connectivity index (χ4v) is 3.40. The molecule has 8 nitrogen and oxygen atoms in total. The van der Waals surface area contributed by atoms with Crippen LogP contribution in [-0.4, -0.2) is 32.2 Å². The number of nitrogens with zero attached hydrogens (tertiary/aromatic N) is 2. The summed E-state index contributed by atoms with van der Waals surface area (Å²) in [4.78, 5) is 13.4. The Morgan fingerprint density at radius 3 is 2.67 bits per heavy atom. The first kappa shape index (κ1) is 18.9. The van der Waals surface area contributed by atoms with Crippen molar-refractivity contribution in [1.29, 1.82) is 0 Å². The fourth-order valence-electron chi connectivity index (χ4n) is 2.55. The van der Waals surface area contributed by atoms with Gasteiger partial charge in [-0.2, -0.15) is 5.10 Å². The molecule has 0 fully saturated rings. The summed E-state index contributed by atoms with van der Waals surface area (Å²) in [7, 11) is -2.45. The molecule has 0 radical (unpaired) electrons. The predicted octanol–water partition coefficient (Wildman–Crippen LogP) is 1.14. The van der Waals surface area contributed by atoms with Crippen LogP contribution in [0.2, 0.25) is 0 Å². The smallest absolute Gasteiger partial charge is 0.279 e. The molecule has 0 spiro atoms. The third kappa shape index (κ3) is 3.79. The number of hydrazone groups is 1. The van der Waals surface area contributed by atoms with E-state index < -0.39 is 21.7 Å². The van der Waals surface area contributed by atoms with Gasteiger partial charge in [0.05, 0.1) is 11.4 Å². The number of para-hydroxylation sites is 1. The number of amides is 1. The topological polar surface area (TPSA) is 117 Å². The molecule has 1 aliphatic heterocycles. The van der Waals surface area contributed by atoms with Crippen LogP contribution in [0.25, 0.3) is 0 Å². The highest BCUT2D eigenvalue weighted by atomic mass is 32.2. The first-order chi connectivity index (χ1) is 12.7. The molecule has 0 bridgehead atoms. The van der Waals surface area contributed by atoms with Crippen molar-refractivity contribution in [2.75, 3.05) is 17.3 Å². The van der Waals surface area contributed by atoms with Gasteiger partial charge in [-0.3, -0.25) is 10.2 Å². The van der Waals surface area contributed by atoms with Crippen molar-refractivity contribution >= 4 is 50.3 Å². The molecule has 140 valence electrons. The second-order valence-electron chi connectivity index (χ2n) is 5.59. The molecule has 1 aliphatic rings. The molecule has 2 aromatic rings.